The third kappa shape index (κ3) is 4.80. The summed E-state index contributed by atoms with van der Waals surface area (Å²) in [6.07, 6.45) is 0. The van der Waals surface area contributed by atoms with Gasteiger partial charge in [0.2, 0.25) is 10.0 Å². The fraction of sp³-hybridized carbons (Fsp3) is 0.417. The Balaban J connectivity index is 3.02. The van der Waals surface area contributed by atoms with Crippen molar-refractivity contribution < 1.29 is 22.2 Å². The number of hydrogen-bond donors (Lipinski definition) is 2. The van der Waals surface area contributed by atoms with Crippen LogP contribution in [0.3, 0.4) is 0 Å². The highest BCUT2D eigenvalue weighted by atomic mass is 32.2. The van der Waals surface area contributed by atoms with Gasteiger partial charge in [-0.05, 0) is 18.2 Å². The second kappa shape index (κ2) is 7.53. The smallest absolute Gasteiger partial charge is 0.339 e. The minimum absolute atomic E-state index is 0.0216. The van der Waals surface area contributed by atoms with E-state index >= 15 is 0 Å². The Hall–Kier alpha value is -1.45. The first-order valence-electron chi connectivity index (χ1n) is 6.14. The largest absolute Gasteiger partial charge is 0.465 e. The Morgan fingerprint density at radius 2 is 2.10 bits per heavy atom. The molecule has 0 aliphatic carbocycles. The SMILES string of the molecule is CCS(=O)CCNS(=O)(=O)c1ccc(N)cc1C(=O)OC. The number of esters is 1. The summed E-state index contributed by atoms with van der Waals surface area (Å²) in [6, 6.07) is 3.86. The molecule has 1 rings (SSSR count). The summed E-state index contributed by atoms with van der Waals surface area (Å²) in [5.41, 5.74) is 5.67. The first kappa shape index (κ1) is 17.6. The van der Waals surface area contributed by atoms with Gasteiger partial charge in [0, 0.05) is 34.5 Å². The highest BCUT2D eigenvalue weighted by Crippen LogP contribution is 2.19. The van der Waals surface area contributed by atoms with Crippen LogP contribution in [0.25, 0.3) is 0 Å². The van der Waals surface area contributed by atoms with Gasteiger partial charge in [0.05, 0.1) is 17.6 Å². The summed E-state index contributed by atoms with van der Waals surface area (Å²) in [5.74, 6) is -0.130. The van der Waals surface area contributed by atoms with E-state index in [1.165, 1.54) is 18.2 Å². The zero-order valence-electron chi connectivity index (χ0n) is 11.8. The van der Waals surface area contributed by atoms with Crippen LogP contribution in [-0.4, -0.2) is 43.8 Å². The van der Waals surface area contributed by atoms with E-state index in [0.29, 0.717) is 5.75 Å². The van der Waals surface area contributed by atoms with Crippen LogP contribution in [0.15, 0.2) is 23.1 Å². The van der Waals surface area contributed by atoms with Crippen LogP contribution in [-0.2, 0) is 25.6 Å². The first-order chi connectivity index (χ1) is 9.81. The number of benzene rings is 1. The molecule has 0 heterocycles. The van der Waals surface area contributed by atoms with Crippen LogP contribution in [0, 0.1) is 0 Å². The van der Waals surface area contributed by atoms with Crippen molar-refractivity contribution in [2.45, 2.75) is 11.8 Å². The normalized spacial score (nSPS) is 12.9. The zero-order valence-corrected chi connectivity index (χ0v) is 13.4. The summed E-state index contributed by atoms with van der Waals surface area (Å²) < 4.78 is 42.5. The maximum atomic E-state index is 12.2. The minimum atomic E-state index is -3.91. The molecule has 0 aliphatic heterocycles. The first-order valence-corrected chi connectivity index (χ1v) is 9.11. The van der Waals surface area contributed by atoms with Gasteiger partial charge >= 0.3 is 5.97 Å². The molecule has 21 heavy (non-hydrogen) atoms. The molecule has 1 aromatic rings. The quantitative estimate of drug-likeness (QED) is 0.540. The van der Waals surface area contributed by atoms with Gasteiger partial charge < -0.3 is 10.5 Å². The molecule has 0 fully saturated rings. The van der Waals surface area contributed by atoms with E-state index in [1.54, 1.807) is 6.92 Å². The van der Waals surface area contributed by atoms with E-state index < -0.39 is 26.8 Å². The molecule has 1 atom stereocenters. The average molecular weight is 334 g/mol. The molecule has 0 spiro atoms. The molecule has 0 saturated carbocycles. The minimum Gasteiger partial charge on any atom is -0.465 e. The lowest BCUT2D eigenvalue weighted by atomic mass is 10.2. The van der Waals surface area contributed by atoms with Crippen LogP contribution in [0.5, 0.6) is 0 Å². The lowest BCUT2D eigenvalue weighted by Crippen LogP contribution is -2.29. The van der Waals surface area contributed by atoms with Gasteiger partial charge in [-0.1, -0.05) is 6.92 Å². The van der Waals surface area contributed by atoms with Crippen LogP contribution in [0.2, 0.25) is 0 Å². The molecule has 3 N–H and O–H groups in total. The molecule has 1 unspecified atom stereocenters. The molecule has 0 aliphatic rings. The summed E-state index contributed by atoms with van der Waals surface area (Å²) in [6.45, 7) is 1.77. The van der Waals surface area contributed by atoms with Crippen molar-refractivity contribution in [3.05, 3.63) is 23.8 Å². The Kier molecular flexibility index (Phi) is 6.31. The van der Waals surface area contributed by atoms with Gasteiger partial charge in [0.15, 0.2) is 0 Å². The number of hydrogen-bond acceptors (Lipinski definition) is 6. The van der Waals surface area contributed by atoms with Crippen molar-refractivity contribution >= 4 is 32.5 Å². The summed E-state index contributed by atoms with van der Waals surface area (Å²) in [7, 11) is -3.83. The number of nitrogen functional groups attached to an aromatic ring is 1. The predicted octanol–water partition coefficient (Wildman–Crippen LogP) is 0.102. The van der Waals surface area contributed by atoms with Crippen LogP contribution in [0.1, 0.15) is 17.3 Å². The van der Waals surface area contributed by atoms with E-state index in [2.05, 4.69) is 9.46 Å². The van der Waals surface area contributed by atoms with E-state index in [4.69, 9.17) is 5.73 Å². The standard InChI is InChI=1S/C12H18N2O5S2/c1-3-20(16)7-6-14-21(17,18)11-5-4-9(13)8-10(11)12(15)19-2/h4-5,8,14H,3,6-7,13H2,1-2H3. The van der Waals surface area contributed by atoms with Gasteiger partial charge in [0.25, 0.3) is 0 Å². The average Bonchev–Trinajstić information content (AvgIpc) is 2.45. The highest BCUT2D eigenvalue weighted by molar-refractivity contribution is 7.89. The molecular weight excluding hydrogens is 316 g/mol. The number of nitrogens with two attached hydrogens (primary N) is 1. The van der Waals surface area contributed by atoms with E-state index in [9.17, 15) is 17.4 Å². The maximum absolute atomic E-state index is 12.2. The van der Waals surface area contributed by atoms with Gasteiger partial charge in [-0.3, -0.25) is 4.21 Å². The monoisotopic (exact) mass is 334 g/mol. The van der Waals surface area contributed by atoms with Gasteiger partial charge in [0.1, 0.15) is 0 Å². The lowest BCUT2D eigenvalue weighted by Gasteiger charge is -2.11. The Morgan fingerprint density at radius 3 is 2.67 bits per heavy atom. The summed E-state index contributed by atoms with van der Waals surface area (Å²) >= 11 is 0. The second-order valence-electron chi connectivity index (χ2n) is 4.08. The van der Waals surface area contributed by atoms with Crippen molar-refractivity contribution in [1.82, 2.24) is 4.72 Å². The Bertz CT molecular complexity index is 643. The number of sulfonamides is 1. The molecule has 0 aromatic heterocycles. The number of carbonyl (C=O) groups is 1. The van der Waals surface area contributed by atoms with Crippen LogP contribution >= 0.6 is 0 Å². The number of ether oxygens (including phenoxy) is 1. The number of methoxy groups -OCH3 is 1. The molecule has 0 bridgehead atoms. The molecule has 0 saturated heterocycles. The fourth-order valence-electron chi connectivity index (χ4n) is 1.56. The molecule has 0 amide bonds. The fourth-order valence-corrected chi connectivity index (χ4v) is 3.52. The van der Waals surface area contributed by atoms with Crippen molar-refractivity contribution in [3.63, 3.8) is 0 Å². The topological polar surface area (TPSA) is 116 Å². The molecule has 118 valence electrons. The summed E-state index contributed by atoms with van der Waals surface area (Å²) in [5, 5.41) is 0. The van der Waals surface area contributed by atoms with Crippen molar-refractivity contribution in [1.29, 1.82) is 0 Å². The van der Waals surface area contributed by atoms with Gasteiger partial charge in [-0.15, -0.1) is 0 Å². The molecule has 1 aromatic carbocycles. The molecule has 7 nitrogen and oxygen atoms in total. The number of rotatable bonds is 7. The summed E-state index contributed by atoms with van der Waals surface area (Å²) in [4.78, 5) is 11.4. The lowest BCUT2D eigenvalue weighted by molar-refractivity contribution is 0.0596. The van der Waals surface area contributed by atoms with E-state index in [0.717, 1.165) is 7.11 Å². The van der Waals surface area contributed by atoms with Crippen molar-refractivity contribution in [2.75, 3.05) is 30.9 Å². The number of anilines is 1. The predicted molar refractivity (Wildman–Crippen MR) is 80.9 cm³/mol. The van der Waals surface area contributed by atoms with E-state index in [1.807, 2.05) is 0 Å². The number of nitrogens with one attached hydrogen (secondary N) is 1. The van der Waals surface area contributed by atoms with Gasteiger partial charge in [-0.25, -0.2) is 17.9 Å². The van der Waals surface area contributed by atoms with E-state index in [-0.39, 0.29) is 28.4 Å². The molecule has 9 heteroatoms. The third-order valence-electron chi connectivity index (χ3n) is 2.64. The van der Waals surface area contributed by atoms with Crippen LogP contribution in [0.4, 0.5) is 5.69 Å². The van der Waals surface area contributed by atoms with Crippen LogP contribution < -0.4 is 10.5 Å². The molecule has 0 radical (unpaired) electrons. The Labute approximate surface area is 126 Å². The Morgan fingerprint density at radius 1 is 1.43 bits per heavy atom. The van der Waals surface area contributed by atoms with Crippen molar-refractivity contribution in [2.24, 2.45) is 0 Å². The third-order valence-corrected chi connectivity index (χ3v) is 5.46. The zero-order chi connectivity index (χ0) is 16.0. The van der Waals surface area contributed by atoms with Gasteiger partial charge in [-0.2, -0.15) is 0 Å². The molecular formula is C12H18N2O5S2. The second-order valence-corrected chi connectivity index (χ2v) is 7.68. The maximum Gasteiger partial charge on any atom is 0.339 e. The highest BCUT2D eigenvalue weighted by Gasteiger charge is 2.23. The van der Waals surface area contributed by atoms with Crippen molar-refractivity contribution in [3.8, 4) is 0 Å². The number of carbonyl (C=O) groups excluding carboxylic acids is 1.